The van der Waals surface area contributed by atoms with Gasteiger partial charge in [0.25, 0.3) is 0 Å². The third-order valence-electron chi connectivity index (χ3n) is 4.40. The summed E-state index contributed by atoms with van der Waals surface area (Å²) in [6.07, 6.45) is 2.77. The van der Waals surface area contributed by atoms with Crippen LogP contribution in [0.2, 0.25) is 0 Å². The molecule has 26 heavy (non-hydrogen) atoms. The highest BCUT2D eigenvalue weighted by Gasteiger charge is 2.16. The maximum atomic E-state index is 5.41. The van der Waals surface area contributed by atoms with Crippen LogP contribution in [0.1, 0.15) is 28.4 Å². The van der Waals surface area contributed by atoms with Crippen LogP contribution in [0.15, 0.2) is 53.4 Å². The summed E-state index contributed by atoms with van der Waals surface area (Å²) >= 11 is 1.73. The Hall–Kier alpha value is -2.37. The number of rotatable bonds is 8. The minimum absolute atomic E-state index is 0.152. The first kappa shape index (κ1) is 18.4. The molecular weight excluding hydrogens is 344 g/mol. The summed E-state index contributed by atoms with van der Waals surface area (Å²) in [6, 6.07) is 12.4. The Balaban J connectivity index is 1.79. The minimum Gasteiger partial charge on any atom is -0.493 e. The molecule has 1 atom stereocenters. The van der Waals surface area contributed by atoms with E-state index in [1.807, 2.05) is 24.4 Å². The Morgan fingerprint density at radius 3 is 2.62 bits per heavy atom. The largest absolute Gasteiger partial charge is 0.493 e. The van der Waals surface area contributed by atoms with Crippen molar-refractivity contribution in [1.82, 2.24) is 10.3 Å². The van der Waals surface area contributed by atoms with E-state index in [4.69, 9.17) is 9.47 Å². The Bertz CT molecular complexity index is 834. The summed E-state index contributed by atoms with van der Waals surface area (Å²) < 4.78 is 10.7. The molecule has 3 aromatic rings. The van der Waals surface area contributed by atoms with Crippen LogP contribution in [0, 0.1) is 6.92 Å². The second kappa shape index (κ2) is 8.83. The lowest BCUT2D eigenvalue weighted by Gasteiger charge is -2.20. The van der Waals surface area contributed by atoms with Gasteiger partial charge >= 0.3 is 0 Å². The van der Waals surface area contributed by atoms with Crippen LogP contribution in [0.25, 0.3) is 0 Å². The predicted molar refractivity (Wildman–Crippen MR) is 106 cm³/mol. The lowest BCUT2D eigenvalue weighted by Crippen LogP contribution is -2.24. The number of nitrogens with zero attached hydrogens (tertiary/aromatic N) is 1. The summed E-state index contributed by atoms with van der Waals surface area (Å²) in [5.74, 6) is 1.49. The molecule has 0 aliphatic heterocycles. The number of pyridine rings is 1. The maximum Gasteiger partial charge on any atom is 0.161 e. The van der Waals surface area contributed by atoms with Crippen LogP contribution in [0.5, 0.6) is 11.5 Å². The van der Waals surface area contributed by atoms with Gasteiger partial charge in [-0.1, -0.05) is 12.1 Å². The van der Waals surface area contributed by atoms with Gasteiger partial charge < -0.3 is 14.8 Å². The van der Waals surface area contributed by atoms with Gasteiger partial charge in [-0.15, -0.1) is 0 Å². The molecule has 2 aromatic heterocycles. The molecule has 0 fully saturated rings. The van der Waals surface area contributed by atoms with Gasteiger partial charge in [0, 0.05) is 12.7 Å². The zero-order chi connectivity index (χ0) is 18.4. The van der Waals surface area contributed by atoms with Crippen molar-refractivity contribution in [1.29, 1.82) is 0 Å². The molecule has 2 heterocycles. The molecule has 5 heteroatoms. The quantitative estimate of drug-likeness (QED) is 0.634. The number of ether oxygens (including phenoxy) is 2. The zero-order valence-electron chi connectivity index (χ0n) is 15.4. The smallest absolute Gasteiger partial charge is 0.161 e. The zero-order valence-corrected chi connectivity index (χ0v) is 16.2. The van der Waals surface area contributed by atoms with Crippen LogP contribution in [-0.2, 0) is 13.0 Å². The minimum atomic E-state index is 0.152. The molecule has 136 valence electrons. The van der Waals surface area contributed by atoms with Crippen molar-refractivity contribution < 1.29 is 9.47 Å². The van der Waals surface area contributed by atoms with Crippen molar-refractivity contribution in [3.8, 4) is 11.5 Å². The first-order valence-corrected chi connectivity index (χ1v) is 9.52. The highest BCUT2D eigenvalue weighted by Crippen LogP contribution is 2.28. The second-order valence-electron chi connectivity index (χ2n) is 6.16. The van der Waals surface area contributed by atoms with Crippen LogP contribution >= 0.6 is 11.3 Å². The van der Waals surface area contributed by atoms with Gasteiger partial charge in [0.2, 0.25) is 0 Å². The highest BCUT2D eigenvalue weighted by molar-refractivity contribution is 7.07. The molecule has 4 nitrogen and oxygen atoms in total. The van der Waals surface area contributed by atoms with Crippen molar-refractivity contribution >= 4 is 11.3 Å². The maximum absolute atomic E-state index is 5.41. The van der Waals surface area contributed by atoms with Gasteiger partial charge in [0.1, 0.15) is 0 Å². The summed E-state index contributed by atoms with van der Waals surface area (Å²) in [4.78, 5) is 4.63. The van der Waals surface area contributed by atoms with E-state index in [0.717, 1.165) is 35.7 Å². The first-order valence-electron chi connectivity index (χ1n) is 8.58. The van der Waals surface area contributed by atoms with E-state index in [0.29, 0.717) is 0 Å². The molecule has 0 amide bonds. The molecule has 0 radical (unpaired) electrons. The van der Waals surface area contributed by atoms with Gasteiger partial charge in [-0.25, -0.2) is 0 Å². The fourth-order valence-electron chi connectivity index (χ4n) is 3.00. The fraction of sp³-hybridized carbons (Fsp3) is 0.286. The molecular formula is C21H24N2O2S. The van der Waals surface area contributed by atoms with Crippen molar-refractivity contribution in [3.63, 3.8) is 0 Å². The third kappa shape index (κ3) is 4.42. The van der Waals surface area contributed by atoms with E-state index in [-0.39, 0.29) is 6.04 Å². The van der Waals surface area contributed by atoms with Crippen LogP contribution in [0.4, 0.5) is 0 Å². The summed E-state index contributed by atoms with van der Waals surface area (Å²) in [5.41, 5.74) is 4.77. The van der Waals surface area contributed by atoms with Crippen molar-refractivity contribution in [3.05, 3.63) is 75.7 Å². The number of thiophene rings is 1. The highest BCUT2D eigenvalue weighted by atomic mass is 32.1. The Kier molecular flexibility index (Phi) is 6.26. The molecule has 1 aromatic carbocycles. The predicted octanol–water partition coefficient (Wildman–Crippen LogP) is 4.54. The standard InChI is InChI=1S/C21H24N2O2S/c1-15-5-4-9-22-21(15)18(11-17-8-10-26-14-17)23-13-16-6-7-19(24-2)20(12-16)25-3/h4-10,12,14,18,23H,11,13H2,1-3H3/t18-/m1/s1. The van der Waals surface area contributed by atoms with Gasteiger partial charge in [0.15, 0.2) is 11.5 Å². The van der Waals surface area contributed by atoms with E-state index < -0.39 is 0 Å². The van der Waals surface area contributed by atoms with E-state index >= 15 is 0 Å². The van der Waals surface area contributed by atoms with Gasteiger partial charge in [0.05, 0.1) is 26.0 Å². The van der Waals surface area contributed by atoms with E-state index in [2.05, 4.69) is 46.2 Å². The van der Waals surface area contributed by atoms with Crippen LogP contribution in [-0.4, -0.2) is 19.2 Å². The first-order chi connectivity index (χ1) is 12.7. The van der Waals surface area contributed by atoms with Gasteiger partial charge in [-0.05, 0) is 65.1 Å². The van der Waals surface area contributed by atoms with Gasteiger partial charge in [-0.3, -0.25) is 4.98 Å². The van der Waals surface area contributed by atoms with Crippen LogP contribution < -0.4 is 14.8 Å². The normalized spacial score (nSPS) is 12.0. The van der Waals surface area contributed by atoms with Crippen molar-refractivity contribution in [2.24, 2.45) is 0 Å². The number of aromatic nitrogens is 1. The molecule has 0 unspecified atom stereocenters. The third-order valence-corrected chi connectivity index (χ3v) is 5.13. The van der Waals surface area contributed by atoms with E-state index in [1.165, 1.54) is 11.1 Å². The number of methoxy groups -OCH3 is 2. The monoisotopic (exact) mass is 368 g/mol. The Labute approximate surface area is 158 Å². The lowest BCUT2D eigenvalue weighted by atomic mass is 10.0. The molecule has 0 aliphatic rings. The average Bonchev–Trinajstić information content (AvgIpc) is 3.18. The van der Waals surface area contributed by atoms with E-state index in [1.54, 1.807) is 25.6 Å². The lowest BCUT2D eigenvalue weighted by molar-refractivity contribution is 0.354. The second-order valence-corrected chi connectivity index (χ2v) is 6.94. The molecule has 1 N–H and O–H groups in total. The number of hydrogen-bond acceptors (Lipinski definition) is 5. The van der Waals surface area contributed by atoms with Crippen LogP contribution in [0.3, 0.4) is 0 Å². The summed E-state index contributed by atoms with van der Waals surface area (Å²) in [6.45, 7) is 2.84. The molecule has 0 saturated carbocycles. The molecule has 3 rings (SSSR count). The molecule has 0 saturated heterocycles. The van der Waals surface area contributed by atoms with Crippen molar-refractivity contribution in [2.45, 2.75) is 25.9 Å². The SMILES string of the molecule is COc1ccc(CN[C@H](Cc2ccsc2)c2ncccc2C)cc1OC. The van der Waals surface area contributed by atoms with Gasteiger partial charge in [-0.2, -0.15) is 11.3 Å². The van der Waals surface area contributed by atoms with E-state index in [9.17, 15) is 0 Å². The summed E-state index contributed by atoms with van der Waals surface area (Å²) in [5, 5.41) is 7.98. The average molecular weight is 369 g/mol. The Morgan fingerprint density at radius 1 is 1.08 bits per heavy atom. The summed E-state index contributed by atoms with van der Waals surface area (Å²) in [7, 11) is 3.31. The molecule has 0 bridgehead atoms. The number of nitrogens with one attached hydrogen (secondary N) is 1. The molecule has 0 spiro atoms. The molecule has 0 aliphatic carbocycles. The topological polar surface area (TPSA) is 43.4 Å². The number of hydrogen-bond donors (Lipinski definition) is 1. The van der Waals surface area contributed by atoms with Crippen molar-refractivity contribution in [2.75, 3.05) is 14.2 Å². The Morgan fingerprint density at radius 2 is 1.92 bits per heavy atom. The number of aryl methyl sites for hydroxylation is 1. The fourth-order valence-corrected chi connectivity index (χ4v) is 3.69. The number of benzene rings is 1.